The highest BCUT2D eigenvalue weighted by Gasteiger charge is 2.36. The number of ether oxygens (including phenoxy) is 1. The number of carbonyl (C=O) groups excluding carboxylic acids is 1. The molecule has 2 aromatic rings. The van der Waals surface area contributed by atoms with Crippen LogP contribution in [0, 0.1) is 18.3 Å². The van der Waals surface area contributed by atoms with Crippen molar-refractivity contribution in [3.63, 3.8) is 0 Å². The lowest BCUT2D eigenvalue weighted by Crippen LogP contribution is -2.15. The third-order valence-electron chi connectivity index (χ3n) is 3.01. The maximum absolute atomic E-state index is 13.2. The van der Waals surface area contributed by atoms with E-state index in [1.807, 2.05) is 0 Å². The molecule has 1 aromatic carbocycles. The fourth-order valence-corrected chi connectivity index (χ4v) is 2.04. The highest BCUT2D eigenvalue weighted by molar-refractivity contribution is 5.65. The fourth-order valence-electron chi connectivity index (χ4n) is 2.04. The van der Waals surface area contributed by atoms with Gasteiger partial charge in [0.15, 0.2) is 12.4 Å². The van der Waals surface area contributed by atoms with Crippen molar-refractivity contribution in [3.05, 3.63) is 34.6 Å². The van der Waals surface area contributed by atoms with Crippen molar-refractivity contribution in [1.82, 2.24) is 20.2 Å². The van der Waals surface area contributed by atoms with Crippen LogP contribution in [-0.2, 0) is 22.3 Å². The molecule has 2 rings (SSSR count). The van der Waals surface area contributed by atoms with E-state index in [9.17, 15) is 18.0 Å². The molecular weight excluding hydrogens is 315 g/mol. The van der Waals surface area contributed by atoms with Crippen LogP contribution in [0.1, 0.15) is 29.4 Å². The van der Waals surface area contributed by atoms with E-state index >= 15 is 0 Å². The molecule has 0 spiro atoms. The molecule has 0 aliphatic carbocycles. The van der Waals surface area contributed by atoms with Crippen LogP contribution in [0.2, 0.25) is 0 Å². The second kappa shape index (κ2) is 6.04. The van der Waals surface area contributed by atoms with Crippen LogP contribution in [0.5, 0.6) is 0 Å². The van der Waals surface area contributed by atoms with E-state index in [0.717, 1.165) is 10.7 Å². The van der Waals surface area contributed by atoms with E-state index in [1.54, 1.807) is 0 Å². The maximum Gasteiger partial charge on any atom is 0.418 e. The predicted octanol–water partition coefficient (Wildman–Crippen LogP) is 1.92. The van der Waals surface area contributed by atoms with Gasteiger partial charge in [0.1, 0.15) is 0 Å². The van der Waals surface area contributed by atoms with Crippen molar-refractivity contribution in [3.8, 4) is 11.8 Å². The van der Waals surface area contributed by atoms with Gasteiger partial charge in [0, 0.05) is 6.92 Å². The third-order valence-corrected chi connectivity index (χ3v) is 3.01. The van der Waals surface area contributed by atoms with Gasteiger partial charge in [-0.15, -0.1) is 5.10 Å². The van der Waals surface area contributed by atoms with Gasteiger partial charge >= 0.3 is 12.1 Å². The van der Waals surface area contributed by atoms with Gasteiger partial charge in [0.2, 0.25) is 0 Å². The molecule has 10 heteroatoms. The summed E-state index contributed by atoms with van der Waals surface area (Å²) in [4.78, 5) is 10.8. The number of alkyl halides is 3. The molecule has 0 radical (unpaired) electrons. The van der Waals surface area contributed by atoms with Crippen LogP contribution in [0.3, 0.4) is 0 Å². The maximum atomic E-state index is 13.2. The first-order valence-corrected chi connectivity index (χ1v) is 6.27. The largest absolute Gasteiger partial charge is 0.458 e. The first-order chi connectivity index (χ1) is 10.8. The molecular formula is C13H10F3N5O2. The standard InChI is InChI=1S/C13H10F3N5O2/c1-7-10(4-3-9(5-17)12(7)13(14,15)16)21-11(18-19-20-21)6-23-8(2)22/h3-4H,6H2,1-2H3. The van der Waals surface area contributed by atoms with Crippen LogP contribution in [0.4, 0.5) is 13.2 Å². The molecule has 120 valence electrons. The quantitative estimate of drug-likeness (QED) is 0.800. The second-order valence-electron chi connectivity index (χ2n) is 4.53. The van der Waals surface area contributed by atoms with Gasteiger partial charge in [-0.25, -0.2) is 0 Å². The summed E-state index contributed by atoms with van der Waals surface area (Å²) in [6.07, 6.45) is -4.70. The SMILES string of the molecule is CC(=O)OCc1nnnn1-c1ccc(C#N)c(C(F)(F)F)c1C. The predicted molar refractivity (Wildman–Crippen MR) is 69.1 cm³/mol. The molecule has 0 amide bonds. The van der Waals surface area contributed by atoms with E-state index in [-0.39, 0.29) is 23.7 Å². The van der Waals surface area contributed by atoms with Crippen molar-refractivity contribution in [1.29, 1.82) is 5.26 Å². The van der Waals surface area contributed by atoms with Crippen molar-refractivity contribution in [2.24, 2.45) is 0 Å². The molecule has 0 N–H and O–H groups in total. The van der Waals surface area contributed by atoms with Crippen LogP contribution in [0.15, 0.2) is 12.1 Å². The Hall–Kier alpha value is -2.96. The highest BCUT2D eigenvalue weighted by atomic mass is 19.4. The minimum absolute atomic E-state index is 0.0449. The van der Waals surface area contributed by atoms with E-state index in [2.05, 4.69) is 15.5 Å². The summed E-state index contributed by atoms with van der Waals surface area (Å²) in [7, 11) is 0. The summed E-state index contributed by atoms with van der Waals surface area (Å²) >= 11 is 0. The Balaban J connectivity index is 2.57. The number of nitrogens with zero attached hydrogens (tertiary/aromatic N) is 5. The number of aromatic nitrogens is 4. The first kappa shape index (κ1) is 16.4. The number of halogens is 3. The number of tetrazole rings is 1. The molecule has 1 heterocycles. The highest BCUT2D eigenvalue weighted by Crippen LogP contribution is 2.36. The summed E-state index contributed by atoms with van der Waals surface area (Å²) in [5.41, 5.74) is -1.70. The number of benzene rings is 1. The smallest absolute Gasteiger partial charge is 0.418 e. The molecule has 0 fully saturated rings. The Morgan fingerprint density at radius 3 is 2.70 bits per heavy atom. The van der Waals surface area contributed by atoms with Crippen molar-refractivity contribution >= 4 is 5.97 Å². The summed E-state index contributed by atoms with van der Waals surface area (Å²) < 4.78 is 45.4. The first-order valence-electron chi connectivity index (χ1n) is 6.27. The van der Waals surface area contributed by atoms with Crippen LogP contribution >= 0.6 is 0 Å². The zero-order valence-electron chi connectivity index (χ0n) is 12.0. The average Bonchev–Trinajstić information content (AvgIpc) is 2.91. The Bertz CT molecular complexity index is 792. The molecule has 0 unspecified atom stereocenters. The minimum atomic E-state index is -4.70. The lowest BCUT2D eigenvalue weighted by molar-refractivity contribution is -0.142. The topological polar surface area (TPSA) is 93.7 Å². The number of esters is 1. The summed E-state index contributed by atoms with van der Waals surface area (Å²) in [6.45, 7) is 2.11. The van der Waals surface area contributed by atoms with Gasteiger partial charge in [-0.3, -0.25) is 4.79 Å². The number of hydrogen-bond donors (Lipinski definition) is 0. The van der Waals surface area contributed by atoms with E-state index < -0.39 is 23.3 Å². The zero-order chi connectivity index (χ0) is 17.2. The monoisotopic (exact) mass is 325 g/mol. The Labute approximate surface area is 128 Å². The molecule has 0 aliphatic rings. The molecule has 7 nitrogen and oxygen atoms in total. The normalized spacial score (nSPS) is 11.1. The van der Waals surface area contributed by atoms with Gasteiger partial charge < -0.3 is 4.74 Å². The van der Waals surface area contributed by atoms with Gasteiger partial charge in [-0.2, -0.15) is 23.1 Å². The van der Waals surface area contributed by atoms with E-state index in [1.165, 1.54) is 26.0 Å². The molecule has 0 atom stereocenters. The molecule has 23 heavy (non-hydrogen) atoms. The lowest BCUT2D eigenvalue weighted by Gasteiger charge is -2.15. The summed E-state index contributed by atoms with van der Waals surface area (Å²) in [6, 6.07) is 3.87. The zero-order valence-corrected chi connectivity index (χ0v) is 12.0. The molecule has 0 saturated carbocycles. The van der Waals surface area contributed by atoms with Crippen LogP contribution in [0.25, 0.3) is 5.69 Å². The number of nitriles is 1. The summed E-state index contributed by atoms with van der Waals surface area (Å²) in [5, 5.41) is 19.5. The number of rotatable bonds is 3. The minimum Gasteiger partial charge on any atom is -0.458 e. The Morgan fingerprint density at radius 1 is 1.43 bits per heavy atom. The molecule has 0 aliphatic heterocycles. The van der Waals surface area contributed by atoms with Crippen LogP contribution < -0.4 is 0 Å². The second-order valence-corrected chi connectivity index (χ2v) is 4.53. The molecule has 1 aromatic heterocycles. The fraction of sp³-hybridized carbons (Fsp3) is 0.308. The Kier molecular flexibility index (Phi) is 4.31. The van der Waals surface area contributed by atoms with Gasteiger partial charge in [-0.05, 0) is 35.0 Å². The molecule has 0 bridgehead atoms. The van der Waals surface area contributed by atoms with Crippen molar-refractivity contribution < 1.29 is 22.7 Å². The van der Waals surface area contributed by atoms with Crippen LogP contribution in [-0.4, -0.2) is 26.2 Å². The van der Waals surface area contributed by atoms with Gasteiger partial charge in [0.25, 0.3) is 0 Å². The molecule has 0 saturated heterocycles. The van der Waals surface area contributed by atoms with Crippen molar-refractivity contribution in [2.45, 2.75) is 26.6 Å². The number of carbonyl (C=O) groups is 1. The summed E-state index contributed by atoms with van der Waals surface area (Å²) in [5.74, 6) is -0.520. The van der Waals surface area contributed by atoms with E-state index in [4.69, 9.17) is 10.00 Å². The number of hydrogen-bond acceptors (Lipinski definition) is 6. The third kappa shape index (κ3) is 3.28. The van der Waals surface area contributed by atoms with E-state index in [0.29, 0.717) is 0 Å². The van der Waals surface area contributed by atoms with Gasteiger partial charge in [0.05, 0.1) is 22.9 Å². The Morgan fingerprint density at radius 2 is 2.13 bits per heavy atom. The van der Waals surface area contributed by atoms with Crippen molar-refractivity contribution in [2.75, 3.05) is 0 Å². The lowest BCUT2D eigenvalue weighted by atomic mass is 10.0. The average molecular weight is 325 g/mol. The van der Waals surface area contributed by atoms with Gasteiger partial charge in [-0.1, -0.05) is 0 Å².